The van der Waals surface area contributed by atoms with E-state index in [9.17, 15) is 18.3 Å². The van der Waals surface area contributed by atoms with Gasteiger partial charge in [-0.25, -0.2) is 13.2 Å². The third kappa shape index (κ3) is 6.10. The lowest BCUT2D eigenvalue weighted by Crippen LogP contribution is -2.45. The second-order valence-electron chi connectivity index (χ2n) is 9.37. The van der Waals surface area contributed by atoms with E-state index in [0.717, 1.165) is 6.07 Å². The number of alkyl halides is 1. The number of piperidine rings is 1. The molecule has 0 bridgehead atoms. The van der Waals surface area contributed by atoms with Crippen LogP contribution in [0, 0.1) is 22.9 Å². The lowest BCUT2D eigenvalue weighted by molar-refractivity contribution is -0.0227. The number of nitrogens with one attached hydrogen (secondary N) is 1. The number of methoxy groups -OCH3 is 1. The Morgan fingerprint density at radius 3 is 2.62 bits per heavy atom. The number of hydrogen-bond donors (Lipinski definition) is 2. The van der Waals surface area contributed by atoms with Crippen molar-refractivity contribution >= 4 is 22.5 Å². The number of nitrogens with zero attached hydrogens (tertiary/aromatic N) is 1. The number of aromatic nitrogens is 1. The smallest absolute Gasteiger partial charge is 0.200 e. The number of hydrogen-bond acceptors (Lipinski definition) is 5. The van der Waals surface area contributed by atoms with Crippen molar-refractivity contribution < 1.29 is 32.1 Å². The topological polar surface area (TPSA) is 63.6 Å². The molecule has 2 heterocycles. The third-order valence-electron chi connectivity index (χ3n) is 7.19. The molecule has 0 unspecified atom stereocenters. The van der Waals surface area contributed by atoms with Crippen molar-refractivity contribution in [2.45, 2.75) is 44.4 Å². The zero-order valence-corrected chi connectivity index (χ0v) is 21.1. The molecule has 200 valence electrons. The molecule has 5 nitrogen and oxygen atoms in total. The maximum Gasteiger partial charge on any atom is 0.200 e. The highest BCUT2D eigenvalue weighted by atomic mass is 35.5. The van der Waals surface area contributed by atoms with E-state index in [1.54, 1.807) is 18.2 Å². The summed E-state index contributed by atoms with van der Waals surface area (Å²) in [7, 11) is 1.52. The van der Waals surface area contributed by atoms with Gasteiger partial charge in [0.15, 0.2) is 11.6 Å². The molecule has 37 heavy (non-hydrogen) atoms. The molecule has 1 saturated heterocycles. The van der Waals surface area contributed by atoms with Gasteiger partial charge in [-0.15, -0.1) is 0 Å². The molecule has 1 aromatic heterocycles. The van der Waals surface area contributed by atoms with Crippen molar-refractivity contribution in [3.63, 3.8) is 0 Å². The Bertz CT molecular complexity index is 1240. The average molecular weight is 541 g/mol. The van der Waals surface area contributed by atoms with Gasteiger partial charge in [-0.05, 0) is 62.4 Å². The predicted octanol–water partition coefficient (Wildman–Crippen LogP) is 6.30. The molecule has 0 saturated carbocycles. The third-order valence-corrected chi connectivity index (χ3v) is 7.49. The van der Waals surface area contributed by atoms with Crippen LogP contribution in [0.15, 0.2) is 36.5 Å². The maximum absolute atomic E-state index is 15.8. The SMILES string of the molecule is COc1ccc2ncc(Cl)c([C@H](F)CCC3([C@@H](O)CCOc4cc(F)cc(F)c4F)CCNCC3)c2c1. The standard InChI is InChI=1S/C27H29ClF4N2O3/c1-36-17-2-3-22-18(14-17)25(19(28)15-34-22)20(30)4-6-27(7-9-33-10-8-27)24(35)5-11-37-23-13-16(29)12-21(31)26(23)32/h2-3,12-15,20,24,33,35H,4-11H2,1H3/t20-,24+/m1/s1. The molecule has 10 heteroatoms. The van der Waals surface area contributed by atoms with Crippen molar-refractivity contribution in [1.82, 2.24) is 10.3 Å². The fraction of sp³-hybridized carbons (Fsp3) is 0.444. The van der Waals surface area contributed by atoms with Crippen molar-refractivity contribution in [2.24, 2.45) is 5.41 Å². The number of aliphatic hydroxyl groups is 1. The average Bonchev–Trinajstić information content (AvgIpc) is 2.90. The molecule has 0 radical (unpaired) electrons. The summed E-state index contributed by atoms with van der Waals surface area (Å²) in [6.45, 7) is 1.14. The number of halogens is 5. The van der Waals surface area contributed by atoms with Crippen LogP contribution in [0.25, 0.3) is 10.9 Å². The Morgan fingerprint density at radius 1 is 1.14 bits per heavy atom. The van der Waals surface area contributed by atoms with Gasteiger partial charge < -0.3 is 19.9 Å². The molecule has 1 fully saturated rings. The van der Waals surface area contributed by atoms with E-state index in [0.29, 0.717) is 60.6 Å². The Balaban J connectivity index is 1.47. The summed E-state index contributed by atoms with van der Waals surface area (Å²) in [5.41, 5.74) is 0.311. The number of benzene rings is 2. The summed E-state index contributed by atoms with van der Waals surface area (Å²) in [4.78, 5) is 4.28. The summed E-state index contributed by atoms with van der Waals surface area (Å²) in [5.74, 6) is -3.59. The summed E-state index contributed by atoms with van der Waals surface area (Å²) in [5, 5.41) is 15.2. The van der Waals surface area contributed by atoms with Crippen LogP contribution < -0.4 is 14.8 Å². The highest BCUT2D eigenvalue weighted by Gasteiger charge is 2.39. The second kappa shape index (κ2) is 11.8. The highest BCUT2D eigenvalue weighted by molar-refractivity contribution is 6.32. The zero-order chi connectivity index (χ0) is 26.6. The Labute approximate surface area is 217 Å². The predicted molar refractivity (Wildman–Crippen MR) is 133 cm³/mol. The van der Waals surface area contributed by atoms with E-state index in [-0.39, 0.29) is 24.5 Å². The maximum atomic E-state index is 15.8. The lowest BCUT2D eigenvalue weighted by atomic mass is 9.69. The number of pyridine rings is 1. The normalized spacial score (nSPS) is 16.9. The lowest BCUT2D eigenvalue weighted by Gasteiger charge is -2.42. The van der Waals surface area contributed by atoms with Gasteiger partial charge in [0, 0.05) is 35.7 Å². The van der Waals surface area contributed by atoms with Crippen molar-refractivity contribution in [3.8, 4) is 11.5 Å². The molecule has 0 spiro atoms. The molecule has 0 amide bonds. The van der Waals surface area contributed by atoms with Gasteiger partial charge in [-0.1, -0.05) is 11.6 Å². The largest absolute Gasteiger partial charge is 0.497 e. The van der Waals surface area contributed by atoms with Gasteiger partial charge >= 0.3 is 0 Å². The number of ether oxygens (including phenoxy) is 2. The first kappa shape index (κ1) is 27.4. The van der Waals surface area contributed by atoms with E-state index in [2.05, 4.69) is 10.3 Å². The minimum atomic E-state index is -1.41. The minimum absolute atomic E-state index is 0.0880. The monoisotopic (exact) mass is 540 g/mol. The van der Waals surface area contributed by atoms with Crippen molar-refractivity contribution in [2.75, 3.05) is 26.8 Å². The van der Waals surface area contributed by atoms with E-state index in [4.69, 9.17) is 21.1 Å². The van der Waals surface area contributed by atoms with Crippen molar-refractivity contribution in [1.29, 1.82) is 0 Å². The van der Waals surface area contributed by atoms with Crippen LogP contribution in [-0.2, 0) is 0 Å². The van der Waals surface area contributed by atoms with E-state index >= 15 is 4.39 Å². The summed E-state index contributed by atoms with van der Waals surface area (Å²) >= 11 is 6.37. The molecular weight excluding hydrogens is 512 g/mol. The van der Waals surface area contributed by atoms with Crippen molar-refractivity contribution in [3.05, 3.63) is 64.6 Å². The van der Waals surface area contributed by atoms with Gasteiger partial charge in [-0.2, -0.15) is 4.39 Å². The van der Waals surface area contributed by atoms with E-state index in [1.807, 2.05) is 0 Å². The van der Waals surface area contributed by atoms with Crippen LogP contribution in [-0.4, -0.2) is 43.0 Å². The molecule has 2 atom stereocenters. The molecule has 4 rings (SSSR count). The Hall–Kier alpha value is -2.62. The summed E-state index contributed by atoms with van der Waals surface area (Å²) in [6.07, 6.45) is 0.883. The van der Waals surface area contributed by atoms with Gasteiger partial charge in [-0.3, -0.25) is 4.98 Å². The Kier molecular flexibility index (Phi) is 8.77. The molecule has 2 N–H and O–H groups in total. The van der Waals surface area contributed by atoms with Crippen LogP contribution in [0.1, 0.15) is 43.8 Å². The van der Waals surface area contributed by atoms with Crippen LogP contribution in [0.3, 0.4) is 0 Å². The fourth-order valence-corrected chi connectivity index (χ4v) is 5.34. The second-order valence-corrected chi connectivity index (χ2v) is 9.78. The van der Waals surface area contributed by atoms with Gasteiger partial charge in [0.2, 0.25) is 5.82 Å². The minimum Gasteiger partial charge on any atom is -0.497 e. The first-order valence-corrected chi connectivity index (χ1v) is 12.5. The molecule has 0 aliphatic carbocycles. The molecular formula is C27H29ClF4N2O3. The quantitative estimate of drug-likeness (QED) is 0.233. The van der Waals surface area contributed by atoms with Crippen LogP contribution in [0.2, 0.25) is 5.02 Å². The highest BCUT2D eigenvalue weighted by Crippen LogP contribution is 2.43. The molecule has 2 aromatic carbocycles. The number of fused-ring (bicyclic) bond motifs is 1. The fourth-order valence-electron chi connectivity index (χ4n) is 5.07. The van der Waals surface area contributed by atoms with Crippen LogP contribution in [0.4, 0.5) is 17.6 Å². The summed E-state index contributed by atoms with van der Waals surface area (Å²) < 4.78 is 67.1. The molecule has 1 aliphatic heterocycles. The molecule has 1 aliphatic rings. The van der Waals surface area contributed by atoms with E-state index < -0.39 is 40.9 Å². The zero-order valence-electron chi connectivity index (χ0n) is 20.4. The van der Waals surface area contributed by atoms with Gasteiger partial charge in [0.25, 0.3) is 0 Å². The number of aliphatic hydroxyl groups excluding tert-OH is 1. The first-order valence-electron chi connectivity index (χ1n) is 12.2. The Morgan fingerprint density at radius 2 is 1.89 bits per heavy atom. The molecule has 3 aromatic rings. The van der Waals surface area contributed by atoms with Crippen LogP contribution >= 0.6 is 11.6 Å². The van der Waals surface area contributed by atoms with Crippen LogP contribution in [0.5, 0.6) is 11.5 Å². The van der Waals surface area contributed by atoms with E-state index in [1.165, 1.54) is 13.3 Å². The number of rotatable bonds is 10. The summed E-state index contributed by atoms with van der Waals surface area (Å²) in [6, 6.07) is 6.38. The van der Waals surface area contributed by atoms with Gasteiger partial charge in [0.05, 0.1) is 30.4 Å². The van der Waals surface area contributed by atoms with Gasteiger partial charge in [0.1, 0.15) is 17.7 Å². The first-order chi connectivity index (χ1) is 17.7.